The first-order valence-electron chi connectivity index (χ1n) is 6.57. The number of benzene rings is 1. The van der Waals surface area contributed by atoms with E-state index in [-0.39, 0.29) is 17.1 Å². The van der Waals surface area contributed by atoms with Gasteiger partial charge in [0.2, 0.25) is 11.8 Å². The third-order valence-corrected chi connectivity index (χ3v) is 4.98. The van der Waals surface area contributed by atoms with Gasteiger partial charge in [0.1, 0.15) is 4.38 Å². The Morgan fingerprint density at radius 3 is 2.38 bits per heavy atom. The molecule has 0 unspecified atom stereocenters. The Bertz CT molecular complexity index is 558. The van der Waals surface area contributed by atoms with Gasteiger partial charge in [-0.3, -0.25) is 14.6 Å². The molecule has 1 aliphatic heterocycles. The number of hydrogen-bond acceptors (Lipinski definition) is 5. The van der Waals surface area contributed by atoms with Gasteiger partial charge in [0, 0.05) is 24.1 Å². The molecule has 1 heterocycles. The Morgan fingerprint density at radius 1 is 1.24 bits per heavy atom. The van der Waals surface area contributed by atoms with Crippen molar-refractivity contribution >= 4 is 51.1 Å². The SMILES string of the molecule is CC(=O)Nc1ccc(NC(=O)[C@H](C)SC2=NCCS2)cc1. The van der Waals surface area contributed by atoms with E-state index in [2.05, 4.69) is 15.6 Å². The zero-order valence-corrected chi connectivity index (χ0v) is 13.5. The van der Waals surface area contributed by atoms with Crippen molar-refractivity contribution in [1.29, 1.82) is 0 Å². The van der Waals surface area contributed by atoms with Gasteiger partial charge in [0.25, 0.3) is 0 Å². The van der Waals surface area contributed by atoms with Crippen molar-refractivity contribution in [2.24, 2.45) is 4.99 Å². The van der Waals surface area contributed by atoms with Gasteiger partial charge in [-0.15, -0.1) is 0 Å². The highest BCUT2D eigenvalue weighted by Gasteiger charge is 2.18. The van der Waals surface area contributed by atoms with Crippen LogP contribution in [0.3, 0.4) is 0 Å². The van der Waals surface area contributed by atoms with Crippen molar-refractivity contribution in [3.05, 3.63) is 24.3 Å². The second kappa shape index (κ2) is 7.51. The van der Waals surface area contributed by atoms with Gasteiger partial charge in [-0.25, -0.2) is 0 Å². The fraction of sp³-hybridized carbons (Fsp3) is 0.357. The van der Waals surface area contributed by atoms with E-state index in [1.54, 1.807) is 36.0 Å². The third-order valence-electron chi connectivity index (χ3n) is 2.68. The standard InChI is InChI=1S/C14H17N3O2S2/c1-9(21-14-15-7-8-20-14)13(19)17-12-5-3-11(4-6-12)16-10(2)18/h3-6,9H,7-8H2,1-2H3,(H,16,18)(H,17,19)/t9-/m0/s1. The number of thioether (sulfide) groups is 2. The van der Waals surface area contributed by atoms with E-state index in [0.717, 1.165) is 16.7 Å². The van der Waals surface area contributed by atoms with Crippen molar-refractivity contribution in [2.45, 2.75) is 19.1 Å². The first-order valence-corrected chi connectivity index (χ1v) is 8.43. The van der Waals surface area contributed by atoms with Gasteiger partial charge in [0.05, 0.1) is 11.8 Å². The number of aliphatic imine (C=N–C) groups is 1. The zero-order chi connectivity index (χ0) is 15.2. The lowest BCUT2D eigenvalue weighted by molar-refractivity contribution is -0.115. The molecule has 1 aliphatic rings. The van der Waals surface area contributed by atoms with Crippen molar-refractivity contribution in [3.8, 4) is 0 Å². The molecule has 0 bridgehead atoms. The molecule has 0 saturated carbocycles. The molecule has 7 heteroatoms. The van der Waals surface area contributed by atoms with E-state index in [1.807, 2.05) is 6.92 Å². The molecule has 21 heavy (non-hydrogen) atoms. The highest BCUT2D eigenvalue weighted by molar-refractivity contribution is 8.39. The topological polar surface area (TPSA) is 70.6 Å². The number of nitrogens with zero attached hydrogens (tertiary/aromatic N) is 1. The molecule has 5 nitrogen and oxygen atoms in total. The van der Waals surface area contributed by atoms with Crippen LogP contribution in [0.4, 0.5) is 11.4 Å². The van der Waals surface area contributed by atoms with Crippen LogP contribution in [-0.4, -0.2) is 33.7 Å². The van der Waals surface area contributed by atoms with Crippen LogP contribution >= 0.6 is 23.5 Å². The molecule has 2 N–H and O–H groups in total. The molecule has 2 amide bonds. The average Bonchev–Trinajstić information content (AvgIpc) is 2.93. The van der Waals surface area contributed by atoms with Crippen molar-refractivity contribution in [3.63, 3.8) is 0 Å². The van der Waals surface area contributed by atoms with Crippen LogP contribution in [0.5, 0.6) is 0 Å². The maximum Gasteiger partial charge on any atom is 0.237 e. The molecule has 0 spiro atoms. The zero-order valence-electron chi connectivity index (χ0n) is 11.9. The predicted octanol–water partition coefficient (Wildman–Crippen LogP) is 2.81. The maximum absolute atomic E-state index is 12.1. The minimum atomic E-state index is -0.190. The number of amides is 2. The van der Waals surface area contributed by atoms with Gasteiger partial charge < -0.3 is 10.6 Å². The molecule has 0 radical (unpaired) electrons. The quantitative estimate of drug-likeness (QED) is 0.894. The molecular formula is C14H17N3O2S2. The molecule has 0 aliphatic carbocycles. The van der Waals surface area contributed by atoms with Crippen LogP contribution in [0.2, 0.25) is 0 Å². The Morgan fingerprint density at radius 2 is 1.86 bits per heavy atom. The second-order valence-electron chi connectivity index (χ2n) is 4.50. The molecule has 2 rings (SSSR count). The molecule has 1 aromatic carbocycles. The Balaban J connectivity index is 1.87. The summed E-state index contributed by atoms with van der Waals surface area (Å²) in [7, 11) is 0. The predicted molar refractivity (Wildman–Crippen MR) is 91.2 cm³/mol. The first-order chi connectivity index (χ1) is 10.0. The highest BCUT2D eigenvalue weighted by atomic mass is 32.2. The first kappa shape index (κ1) is 15.9. The van der Waals surface area contributed by atoms with Crippen LogP contribution in [-0.2, 0) is 9.59 Å². The summed E-state index contributed by atoms with van der Waals surface area (Å²) in [5, 5.41) is 5.35. The molecule has 0 aromatic heterocycles. The van der Waals surface area contributed by atoms with Crippen molar-refractivity contribution < 1.29 is 9.59 Å². The smallest absolute Gasteiger partial charge is 0.237 e. The van der Waals surface area contributed by atoms with E-state index in [9.17, 15) is 9.59 Å². The summed E-state index contributed by atoms with van der Waals surface area (Å²) >= 11 is 3.18. The van der Waals surface area contributed by atoms with Gasteiger partial charge >= 0.3 is 0 Å². The second-order valence-corrected chi connectivity index (χ2v) is 7.18. The van der Waals surface area contributed by atoms with E-state index < -0.39 is 0 Å². The molecular weight excluding hydrogens is 306 g/mol. The van der Waals surface area contributed by atoms with Gasteiger partial charge in [-0.2, -0.15) is 0 Å². The van der Waals surface area contributed by atoms with Gasteiger partial charge in [0.15, 0.2) is 0 Å². The fourth-order valence-corrected chi connectivity index (χ4v) is 3.80. The van der Waals surface area contributed by atoms with Crippen LogP contribution in [0.25, 0.3) is 0 Å². The monoisotopic (exact) mass is 323 g/mol. The highest BCUT2D eigenvalue weighted by Crippen LogP contribution is 2.26. The van der Waals surface area contributed by atoms with Gasteiger partial charge in [-0.05, 0) is 31.2 Å². The molecule has 0 fully saturated rings. The maximum atomic E-state index is 12.1. The molecule has 0 saturated heterocycles. The number of hydrogen-bond donors (Lipinski definition) is 2. The van der Waals surface area contributed by atoms with E-state index in [4.69, 9.17) is 0 Å². The summed E-state index contributed by atoms with van der Waals surface area (Å²) in [6.07, 6.45) is 0. The summed E-state index contributed by atoms with van der Waals surface area (Å²) in [5.41, 5.74) is 1.42. The van der Waals surface area contributed by atoms with Crippen LogP contribution in [0.1, 0.15) is 13.8 Å². The number of nitrogens with one attached hydrogen (secondary N) is 2. The van der Waals surface area contributed by atoms with E-state index in [1.165, 1.54) is 18.7 Å². The van der Waals surface area contributed by atoms with E-state index >= 15 is 0 Å². The lowest BCUT2D eigenvalue weighted by atomic mass is 10.2. The van der Waals surface area contributed by atoms with Crippen molar-refractivity contribution in [1.82, 2.24) is 0 Å². The lowest BCUT2D eigenvalue weighted by Crippen LogP contribution is -2.23. The summed E-state index contributed by atoms with van der Waals surface area (Å²) in [6.45, 7) is 4.16. The molecule has 1 aromatic rings. The largest absolute Gasteiger partial charge is 0.326 e. The summed E-state index contributed by atoms with van der Waals surface area (Å²) < 4.78 is 0.985. The minimum Gasteiger partial charge on any atom is -0.326 e. The van der Waals surface area contributed by atoms with Crippen LogP contribution in [0, 0.1) is 0 Å². The van der Waals surface area contributed by atoms with Crippen LogP contribution in [0.15, 0.2) is 29.3 Å². The lowest BCUT2D eigenvalue weighted by Gasteiger charge is -2.12. The number of anilines is 2. The summed E-state index contributed by atoms with van der Waals surface area (Å²) in [5.74, 6) is 0.829. The summed E-state index contributed by atoms with van der Waals surface area (Å²) in [4.78, 5) is 27.4. The minimum absolute atomic E-state index is 0.0533. The third kappa shape index (κ3) is 5.09. The van der Waals surface area contributed by atoms with E-state index in [0.29, 0.717) is 11.4 Å². The Kier molecular flexibility index (Phi) is 5.69. The Labute approximate surface area is 132 Å². The number of carbonyl (C=O) groups is 2. The van der Waals surface area contributed by atoms with Gasteiger partial charge in [-0.1, -0.05) is 23.5 Å². The molecule has 112 valence electrons. The average molecular weight is 323 g/mol. The Hall–Kier alpha value is -1.47. The number of rotatable bonds is 4. The van der Waals surface area contributed by atoms with Crippen LogP contribution < -0.4 is 10.6 Å². The molecule has 1 atom stereocenters. The fourth-order valence-electron chi connectivity index (χ4n) is 1.68. The summed E-state index contributed by atoms with van der Waals surface area (Å²) in [6, 6.07) is 7.04. The van der Waals surface area contributed by atoms with Crippen molar-refractivity contribution in [2.75, 3.05) is 22.9 Å². The number of carbonyl (C=O) groups excluding carboxylic acids is 2. The normalized spacial score (nSPS) is 15.2.